The van der Waals surface area contributed by atoms with Gasteiger partial charge in [-0.15, -0.1) is 0 Å². The molecule has 0 aromatic heterocycles. The van der Waals surface area contributed by atoms with Crippen LogP contribution >= 0.6 is 11.6 Å². The van der Waals surface area contributed by atoms with E-state index in [2.05, 4.69) is 7.05 Å². The first-order valence-corrected chi connectivity index (χ1v) is 9.59. The Bertz CT molecular complexity index is 918. The molecule has 0 saturated carbocycles. The average Bonchev–Trinajstić information content (AvgIpc) is 2.97. The Balaban J connectivity index is 1.64. The minimum Gasteiger partial charge on any atom is -0.507 e. The summed E-state index contributed by atoms with van der Waals surface area (Å²) in [6.45, 7) is 4.91. The molecule has 0 unspecified atom stereocenters. The fourth-order valence-electron chi connectivity index (χ4n) is 3.66. The van der Waals surface area contributed by atoms with E-state index < -0.39 is 0 Å². The van der Waals surface area contributed by atoms with E-state index in [-0.39, 0.29) is 17.3 Å². The molecule has 2 aromatic carbocycles. The van der Waals surface area contributed by atoms with Crippen molar-refractivity contribution in [3.63, 3.8) is 0 Å². The number of Topliss-reactive ketones (excluding diaryl/α,β-unsaturated/α-hetero) is 1. The summed E-state index contributed by atoms with van der Waals surface area (Å²) in [5.41, 5.74) is 1.94. The number of fused-ring (bicyclic) bond motifs is 1. The molecule has 3 N–H and O–H groups in total. The lowest BCUT2D eigenvalue weighted by atomic mass is 10.0. The number of phenols is 1. The van der Waals surface area contributed by atoms with E-state index in [0.29, 0.717) is 28.4 Å². The van der Waals surface area contributed by atoms with Crippen LogP contribution in [-0.4, -0.2) is 44.1 Å². The lowest BCUT2D eigenvalue weighted by molar-refractivity contribution is -1.01. The van der Waals surface area contributed by atoms with Crippen molar-refractivity contribution >= 4 is 23.5 Å². The van der Waals surface area contributed by atoms with Crippen LogP contribution in [0.25, 0.3) is 6.08 Å². The highest BCUT2D eigenvalue weighted by Crippen LogP contribution is 2.39. The highest BCUT2D eigenvalue weighted by Gasteiger charge is 2.33. The van der Waals surface area contributed by atoms with E-state index in [1.807, 2.05) is 18.2 Å². The zero-order valence-corrected chi connectivity index (χ0v) is 16.0. The molecule has 4 rings (SSSR count). The molecular weight excluding hydrogens is 364 g/mol. The molecule has 5 nitrogen and oxygen atoms in total. The van der Waals surface area contributed by atoms with Gasteiger partial charge in [0.2, 0.25) is 5.78 Å². The fourth-order valence-corrected chi connectivity index (χ4v) is 3.85. The summed E-state index contributed by atoms with van der Waals surface area (Å²) in [7, 11) is 2.20. The van der Waals surface area contributed by atoms with Crippen LogP contribution in [0.5, 0.6) is 11.5 Å². The van der Waals surface area contributed by atoms with Gasteiger partial charge in [0.25, 0.3) is 0 Å². The first-order chi connectivity index (χ1) is 13.0. The summed E-state index contributed by atoms with van der Waals surface area (Å²) in [6, 6.07) is 10.5. The zero-order chi connectivity index (χ0) is 19.0. The Kier molecular flexibility index (Phi) is 4.91. The average molecular weight is 387 g/mol. The molecule has 1 fully saturated rings. The van der Waals surface area contributed by atoms with Crippen molar-refractivity contribution in [2.24, 2.45) is 0 Å². The standard InChI is InChI=1S/C21H21ClN2O3/c1-23-8-10-24(11-9-23)13-16-18(25)7-6-15-20(26)19(27-21(15)16)12-14-4-2-3-5-17(14)22/h2-7,12,25H,8-11,13H2,1H3/p+2/b19-12-. The van der Waals surface area contributed by atoms with Crippen LogP contribution in [0.4, 0.5) is 0 Å². The Morgan fingerprint density at radius 2 is 1.89 bits per heavy atom. The third kappa shape index (κ3) is 3.58. The lowest BCUT2D eigenvalue weighted by Crippen LogP contribution is -3.26. The maximum absolute atomic E-state index is 12.8. The van der Waals surface area contributed by atoms with Crippen LogP contribution in [-0.2, 0) is 6.54 Å². The Morgan fingerprint density at radius 1 is 1.15 bits per heavy atom. The summed E-state index contributed by atoms with van der Waals surface area (Å²) in [4.78, 5) is 15.7. The Labute approximate surface area is 163 Å². The van der Waals surface area contributed by atoms with Gasteiger partial charge in [0.1, 0.15) is 38.5 Å². The van der Waals surface area contributed by atoms with E-state index >= 15 is 0 Å². The van der Waals surface area contributed by atoms with Gasteiger partial charge in [-0.3, -0.25) is 4.79 Å². The molecule has 1 saturated heterocycles. The lowest BCUT2D eigenvalue weighted by Gasteiger charge is -2.27. The number of hydrogen-bond donors (Lipinski definition) is 3. The van der Waals surface area contributed by atoms with Crippen molar-refractivity contribution in [2.75, 3.05) is 33.2 Å². The monoisotopic (exact) mass is 386 g/mol. The molecule has 2 heterocycles. The number of likely N-dealkylation sites (N-methyl/N-ethyl adjacent to an activating group) is 1. The van der Waals surface area contributed by atoms with Crippen LogP contribution < -0.4 is 14.5 Å². The molecule has 27 heavy (non-hydrogen) atoms. The first kappa shape index (κ1) is 18.0. The second-order valence-electron chi connectivity index (χ2n) is 7.29. The number of ether oxygens (including phenoxy) is 1. The topological polar surface area (TPSA) is 55.4 Å². The van der Waals surface area contributed by atoms with Gasteiger partial charge < -0.3 is 19.6 Å². The maximum Gasteiger partial charge on any atom is 0.231 e. The number of allylic oxidation sites excluding steroid dienone is 1. The first-order valence-electron chi connectivity index (χ1n) is 9.21. The molecule has 0 radical (unpaired) electrons. The summed E-state index contributed by atoms with van der Waals surface area (Å²) < 4.78 is 5.93. The number of benzene rings is 2. The molecular formula is C21H23ClN2O3+2. The van der Waals surface area contributed by atoms with Gasteiger partial charge in [0.05, 0.1) is 18.2 Å². The minimum absolute atomic E-state index is 0.177. The Morgan fingerprint density at radius 3 is 2.63 bits per heavy atom. The van der Waals surface area contributed by atoms with Gasteiger partial charge in [-0.1, -0.05) is 29.8 Å². The number of hydrogen-bond acceptors (Lipinski definition) is 3. The number of quaternary nitrogens is 2. The molecule has 2 aromatic rings. The number of rotatable bonds is 3. The summed E-state index contributed by atoms with van der Waals surface area (Å²) >= 11 is 6.20. The SMILES string of the molecule is C[NH+]1CC[NH+](Cc2c(O)ccc3c2O/C(=C\c2ccccc2Cl)C3=O)CC1. The van der Waals surface area contributed by atoms with Crippen molar-refractivity contribution in [2.45, 2.75) is 6.54 Å². The molecule has 0 bridgehead atoms. The van der Waals surface area contributed by atoms with E-state index in [1.165, 1.54) is 9.80 Å². The van der Waals surface area contributed by atoms with Crippen LogP contribution in [0.1, 0.15) is 21.5 Å². The second-order valence-corrected chi connectivity index (χ2v) is 7.69. The summed E-state index contributed by atoms with van der Waals surface area (Å²) in [6.07, 6.45) is 1.66. The van der Waals surface area contributed by atoms with Crippen LogP contribution in [0.3, 0.4) is 0 Å². The van der Waals surface area contributed by atoms with Crippen molar-refractivity contribution in [3.05, 3.63) is 63.9 Å². The van der Waals surface area contributed by atoms with Crippen molar-refractivity contribution < 1.29 is 24.4 Å². The molecule has 140 valence electrons. The van der Waals surface area contributed by atoms with Gasteiger partial charge in [-0.05, 0) is 29.8 Å². The van der Waals surface area contributed by atoms with E-state index in [0.717, 1.165) is 31.7 Å². The van der Waals surface area contributed by atoms with Crippen molar-refractivity contribution in [3.8, 4) is 11.5 Å². The normalized spacial score (nSPS) is 23.3. The number of carbonyl (C=O) groups is 1. The zero-order valence-electron chi connectivity index (χ0n) is 15.2. The fraction of sp³-hybridized carbons (Fsp3) is 0.286. The molecule has 2 aliphatic rings. The number of aromatic hydroxyl groups is 1. The highest BCUT2D eigenvalue weighted by molar-refractivity contribution is 6.32. The molecule has 0 atom stereocenters. The summed E-state index contributed by atoms with van der Waals surface area (Å²) in [5.74, 6) is 0.725. The number of carbonyl (C=O) groups excluding carboxylic acids is 1. The molecule has 0 aliphatic carbocycles. The quantitative estimate of drug-likeness (QED) is 0.676. The van der Waals surface area contributed by atoms with Crippen LogP contribution in [0, 0.1) is 0 Å². The van der Waals surface area contributed by atoms with Gasteiger partial charge in [-0.2, -0.15) is 0 Å². The number of halogens is 1. The van der Waals surface area contributed by atoms with Gasteiger partial charge >= 0.3 is 0 Å². The van der Waals surface area contributed by atoms with Crippen LogP contribution in [0.2, 0.25) is 5.02 Å². The van der Waals surface area contributed by atoms with Gasteiger partial charge in [-0.25, -0.2) is 0 Å². The Hall–Kier alpha value is -2.34. The molecule has 0 amide bonds. The van der Waals surface area contributed by atoms with Crippen molar-refractivity contribution in [1.82, 2.24) is 0 Å². The number of nitrogens with one attached hydrogen (secondary N) is 2. The molecule has 2 aliphatic heterocycles. The third-order valence-electron chi connectivity index (χ3n) is 5.35. The summed E-state index contributed by atoms with van der Waals surface area (Å²) in [5, 5.41) is 11.0. The van der Waals surface area contributed by atoms with Gasteiger partial charge in [0, 0.05) is 5.02 Å². The van der Waals surface area contributed by atoms with E-state index in [1.54, 1.807) is 24.3 Å². The predicted molar refractivity (Wildman–Crippen MR) is 104 cm³/mol. The van der Waals surface area contributed by atoms with E-state index in [9.17, 15) is 9.90 Å². The number of phenolic OH excluding ortho intramolecular Hbond substituents is 1. The smallest absolute Gasteiger partial charge is 0.231 e. The molecule has 0 spiro atoms. The second kappa shape index (κ2) is 7.35. The highest BCUT2D eigenvalue weighted by atomic mass is 35.5. The largest absolute Gasteiger partial charge is 0.507 e. The van der Waals surface area contributed by atoms with Gasteiger partial charge in [0.15, 0.2) is 11.5 Å². The number of piperazine rings is 1. The van der Waals surface area contributed by atoms with Crippen molar-refractivity contribution in [1.29, 1.82) is 0 Å². The predicted octanol–water partition coefficient (Wildman–Crippen LogP) is 0.575. The third-order valence-corrected chi connectivity index (χ3v) is 5.69. The number of ketones is 1. The maximum atomic E-state index is 12.8. The van der Waals surface area contributed by atoms with E-state index in [4.69, 9.17) is 16.3 Å². The molecule has 6 heteroatoms. The van der Waals surface area contributed by atoms with Crippen LogP contribution in [0.15, 0.2) is 42.2 Å². The minimum atomic E-state index is -0.177.